The zero-order valence-electron chi connectivity index (χ0n) is 18.0. The number of carbonyl (C=O) groups excluding carboxylic acids is 1. The average Bonchev–Trinajstić information content (AvgIpc) is 3.18. The van der Waals surface area contributed by atoms with Gasteiger partial charge in [0.15, 0.2) is 5.69 Å². The van der Waals surface area contributed by atoms with Gasteiger partial charge in [0.1, 0.15) is 0 Å². The van der Waals surface area contributed by atoms with Gasteiger partial charge < -0.3 is 10.2 Å². The van der Waals surface area contributed by atoms with Crippen LogP contribution in [0.15, 0.2) is 47.5 Å². The number of nitrogens with zero attached hydrogens (tertiary/aromatic N) is 4. The zero-order chi connectivity index (χ0) is 22.4. The maximum absolute atomic E-state index is 12.9. The van der Waals surface area contributed by atoms with Crippen LogP contribution < -0.4 is 14.9 Å². The predicted octanol–water partition coefficient (Wildman–Crippen LogP) is 1.91. The Kier molecular flexibility index (Phi) is 7.24. The minimum absolute atomic E-state index is 0.262. The first-order chi connectivity index (χ1) is 14.8. The molecule has 9 nitrogen and oxygen atoms in total. The molecule has 0 bridgehead atoms. The molecule has 3 aromatic rings. The summed E-state index contributed by atoms with van der Waals surface area (Å²) in [7, 11) is 1.94. The molecule has 0 aliphatic heterocycles. The molecule has 0 saturated heterocycles. The van der Waals surface area contributed by atoms with Crippen molar-refractivity contribution < 1.29 is 13.2 Å². The molecule has 0 radical (unpaired) electrons. The minimum atomic E-state index is -3.63. The molecule has 0 aliphatic rings. The highest BCUT2D eigenvalue weighted by atomic mass is 32.2. The maximum Gasteiger partial charge on any atom is 0.273 e. The summed E-state index contributed by atoms with van der Waals surface area (Å²) in [4.78, 5) is 14.1. The number of hydrogen-bond donors (Lipinski definition) is 2. The van der Waals surface area contributed by atoms with E-state index in [4.69, 9.17) is 0 Å². The zero-order valence-corrected chi connectivity index (χ0v) is 18.8. The van der Waals surface area contributed by atoms with Gasteiger partial charge in [-0.1, -0.05) is 35.9 Å². The number of aromatic nitrogens is 3. The first-order valence-corrected chi connectivity index (χ1v) is 11.6. The van der Waals surface area contributed by atoms with Crippen LogP contribution in [0.25, 0.3) is 10.8 Å². The molecule has 1 amide bonds. The van der Waals surface area contributed by atoms with E-state index < -0.39 is 10.0 Å². The van der Waals surface area contributed by atoms with Gasteiger partial charge in [0.2, 0.25) is 10.0 Å². The number of carbonyl (C=O) groups is 1. The van der Waals surface area contributed by atoms with Crippen LogP contribution in [-0.4, -0.2) is 56.5 Å². The van der Waals surface area contributed by atoms with Crippen molar-refractivity contribution in [1.29, 1.82) is 0 Å². The molecule has 10 heteroatoms. The molecule has 166 valence electrons. The molecule has 2 N–H and O–H groups in total. The Morgan fingerprint density at radius 1 is 1.03 bits per heavy atom. The van der Waals surface area contributed by atoms with E-state index in [1.165, 1.54) is 4.68 Å². The molecule has 0 atom stereocenters. The Hall–Kier alpha value is -2.98. The van der Waals surface area contributed by atoms with Crippen LogP contribution in [0.5, 0.6) is 0 Å². The Bertz CT molecular complexity index is 1160. The number of sulfonamides is 1. The first-order valence-electron chi connectivity index (χ1n) is 10.1. The number of anilines is 1. The van der Waals surface area contributed by atoms with Crippen LogP contribution in [-0.2, 0) is 17.1 Å². The van der Waals surface area contributed by atoms with Crippen molar-refractivity contribution in [3.63, 3.8) is 0 Å². The monoisotopic (exact) mass is 444 g/mol. The Balaban J connectivity index is 1.49. The highest BCUT2D eigenvalue weighted by molar-refractivity contribution is 7.89. The second kappa shape index (κ2) is 9.88. The highest BCUT2D eigenvalue weighted by Crippen LogP contribution is 2.30. The number of aryl methyl sites for hydroxylation is 1. The number of amides is 1. The molecule has 1 heterocycles. The summed E-state index contributed by atoms with van der Waals surface area (Å²) >= 11 is 0. The van der Waals surface area contributed by atoms with Crippen LogP contribution >= 0.6 is 0 Å². The van der Waals surface area contributed by atoms with Crippen molar-refractivity contribution in [1.82, 2.24) is 25.0 Å². The fourth-order valence-electron chi connectivity index (χ4n) is 3.34. The number of unbranched alkanes of at least 4 members (excludes halogenated alkanes) is 2. The van der Waals surface area contributed by atoms with E-state index in [1.54, 1.807) is 25.4 Å². The van der Waals surface area contributed by atoms with Gasteiger partial charge in [-0.15, -0.1) is 5.10 Å². The number of benzene rings is 2. The van der Waals surface area contributed by atoms with Gasteiger partial charge in [0.05, 0.1) is 11.1 Å². The summed E-state index contributed by atoms with van der Waals surface area (Å²) in [5.41, 5.74) is 1.25. The summed E-state index contributed by atoms with van der Waals surface area (Å²) in [6.45, 7) is 0.836. The maximum atomic E-state index is 12.9. The summed E-state index contributed by atoms with van der Waals surface area (Å²) in [5.74, 6) is -0.262. The van der Waals surface area contributed by atoms with Gasteiger partial charge >= 0.3 is 0 Å². The van der Waals surface area contributed by atoms with Crippen LogP contribution in [0.4, 0.5) is 5.69 Å². The molecule has 0 aliphatic carbocycles. The lowest BCUT2D eigenvalue weighted by atomic mass is 10.1. The third-order valence-electron chi connectivity index (χ3n) is 4.90. The van der Waals surface area contributed by atoms with Crippen molar-refractivity contribution in [3.05, 3.63) is 48.3 Å². The fourth-order valence-corrected chi connectivity index (χ4v) is 4.64. The lowest BCUT2D eigenvalue weighted by Gasteiger charge is -2.17. The van der Waals surface area contributed by atoms with Crippen molar-refractivity contribution in [3.8, 4) is 0 Å². The van der Waals surface area contributed by atoms with E-state index in [-0.39, 0.29) is 16.5 Å². The normalized spacial score (nSPS) is 11.6. The Morgan fingerprint density at radius 2 is 1.74 bits per heavy atom. The average molecular weight is 445 g/mol. The summed E-state index contributed by atoms with van der Waals surface area (Å²) < 4.78 is 29.9. The van der Waals surface area contributed by atoms with Gasteiger partial charge in [-0.05, 0) is 25.0 Å². The second-order valence-corrected chi connectivity index (χ2v) is 9.25. The topological polar surface area (TPSA) is 109 Å². The molecule has 0 spiro atoms. The summed E-state index contributed by atoms with van der Waals surface area (Å²) in [6, 6.07) is 11.0. The van der Waals surface area contributed by atoms with Crippen LogP contribution in [0, 0.1) is 0 Å². The summed E-state index contributed by atoms with van der Waals surface area (Å²) in [5, 5.41) is 11.9. The third kappa shape index (κ3) is 5.59. The van der Waals surface area contributed by atoms with Crippen LogP contribution in [0.2, 0.25) is 0 Å². The van der Waals surface area contributed by atoms with Crippen molar-refractivity contribution in [2.45, 2.75) is 24.2 Å². The van der Waals surface area contributed by atoms with E-state index in [0.717, 1.165) is 23.9 Å². The fraction of sp³-hybridized carbons (Fsp3) is 0.381. The highest BCUT2D eigenvalue weighted by Gasteiger charge is 2.18. The van der Waals surface area contributed by atoms with Gasteiger partial charge in [-0.2, -0.15) is 0 Å². The quantitative estimate of drug-likeness (QED) is 0.463. The predicted molar refractivity (Wildman–Crippen MR) is 121 cm³/mol. The van der Waals surface area contributed by atoms with Crippen molar-refractivity contribution in [2.24, 2.45) is 7.05 Å². The molecule has 0 saturated carbocycles. The standard InChI is InChI=1S/C21H28N6O3S/c1-26(2)19-11-7-10-17-16(19)9-8-12-20(17)31(29,30)23-14-6-4-5-13-22-21(28)18-15-27(3)25-24-18/h7-12,15,23H,4-6,13-14H2,1-3H3,(H,22,28). The minimum Gasteiger partial charge on any atom is -0.377 e. The number of hydrogen-bond acceptors (Lipinski definition) is 6. The molecular weight excluding hydrogens is 416 g/mol. The smallest absolute Gasteiger partial charge is 0.273 e. The number of rotatable bonds is 10. The molecule has 2 aromatic carbocycles. The van der Waals surface area contributed by atoms with E-state index in [9.17, 15) is 13.2 Å². The second-order valence-electron chi connectivity index (χ2n) is 7.51. The van der Waals surface area contributed by atoms with Gasteiger partial charge in [-0.3, -0.25) is 9.48 Å². The Labute approximate surface area is 182 Å². The molecule has 31 heavy (non-hydrogen) atoms. The molecule has 1 aromatic heterocycles. The summed E-state index contributed by atoms with van der Waals surface area (Å²) in [6.07, 6.45) is 3.75. The van der Waals surface area contributed by atoms with Crippen LogP contribution in [0.3, 0.4) is 0 Å². The lowest BCUT2D eigenvalue weighted by molar-refractivity contribution is 0.0948. The van der Waals surface area contributed by atoms with E-state index in [1.807, 2.05) is 43.3 Å². The molecule has 0 fully saturated rings. The van der Waals surface area contributed by atoms with Gasteiger partial charge in [0, 0.05) is 50.7 Å². The molecule has 3 rings (SSSR count). The van der Waals surface area contributed by atoms with Gasteiger partial charge in [0.25, 0.3) is 5.91 Å². The van der Waals surface area contributed by atoms with Crippen molar-refractivity contribution in [2.75, 3.05) is 32.1 Å². The largest absolute Gasteiger partial charge is 0.377 e. The van der Waals surface area contributed by atoms with E-state index >= 15 is 0 Å². The van der Waals surface area contributed by atoms with Crippen LogP contribution in [0.1, 0.15) is 29.8 Å². The Morgan fingerprint density at radius 3 is 2.45 bits per heavy atom. The van der Waals surface area contributed by atoms with Crippen molar-refractivity contribution >= 4 is 32.4 Å². The van der Waals surface area contributed by atoms with Gasteiger partial charge in [-0.25, -0.2) is 13.1 Å². The number of fused-ring (bicyclic) bond motifs is 1. The number of nitrogens with one attached hydrogen (secondary N) is 2. The lowest BCUT2D eigenvalue weighted by Crippen LogP contribution is -2.26. The SMILES string of the molecule is CN(C)c1cccc2c(S(=O)(=O)NCCCCCNC(=O)c3cn(C)nn3)cccc12. The van der Waals surface area contributed by atoms with E-state index in [2.05, 4.69) is 20.4 Å². The molecular formula is C21H28N6O3S. The first kappa shape index (κ1) is 22.7. The third-order valence-corrected chi connectivity index (χ3v) is 6.42. The molecule has 0 unspecified atom stereocenters. The van der Waals surface area contributed by atoms with E-state index in [0.29, 0.717) is 24.9 Å².